The highest BCUT2D eigenvalue weighted by molar-refractivity contribution is 5.98. The maximum atomic E-state index is 12.3. The summed E-state index contributed by atoms with van der Waals surface area (Å²) < 4.78 is 5.53. The lowest BCUT2D eigenvalue weighted by atomic mass is 9.71. The van der Waals surface area contributed by atoms with E-state index < -0.39 is 0 Å². The number of hydrogen-bond donors (Lipinski definition) is 1. The monoisotopic (exact) mass is 246 g/mol. The smallest absolute Gasteiger partial charge is 0.204 e. The van der Waals surface area contributed by atoms with Gasteiger partial charge in [-0.25, -0.2) is 0 Å². The van der Waals surface area contributed by atoms with Gasteiger partial charge in [-0.15, -0.1) is 0 Å². The topological polar surface area (TPSA) is 76.1 Å². The molecule has 1 aliphatic carbocycles. The van der Waals surface area contributed by atoms with Gasteiger partial charge in [0.15, 0.2) is 5.78 Å². The predicted octanol–water partition coefficient (Wildman–Crippen LogP) is 2.38. The number of rotatable bonds is 1. The highest BCUT2D eigenvalue weighted by atomic mass is 16.5. The lowest BCUT2D eigenvalue weighted by Gasteiger charge is -2.36. The third kappa shape index (κ3) is 1.90. The molecule has 4 heteroatoms. The van der Waals surface area contributed by atoms with Crippen LogP contribution in [0.15, 0.2) is 22.8 Å². The van der Waals surface area contributed by atoms with Crippen LogP contribution in [0.2, 0.25) is 0 Å². The van der Waals surface area contributed by atoms with Crippen molar-refractivity contribution in [2.45, 2.75) is 40.0 Å². The van der Waals surface area contributed by atoms with E-state index in [9.17, 15) is 4.79 Å². The molecule has 1 aliphatic heterocycles. The van der Waals surface area contributed by atoms with Gasteiger partial charge in [0.2, 0.25) is 5.88 Å². The van der Waals surface area contributed by atoms with Crippen LogP contribution in [0.1, 0.15) is 40.0 Å². The summed E-state index contributed by atoms with van der Waals surface area (Å²) in [7, 11) is 0. The molecule has 0 aromatic rings. The van der Waals surface area contributed by atoms with Gasteiger partial charge in [-0.05, 0) is 11.8 Å². The van der Waals surface area contributed by atoms with Gasteiger partial charge in [0.1, 0.15) is 11.8 Å². The Labute approximate surface area is 107 Å². The molecule has 18 heavy (non-hydrogen) atoms. The van der Waals surface area contributed by atoms with Crippen LogP contribution in [-0.2, 0) is 9.53 Å². The lowest BCUT2D eigenvalue weighted by molar-refractivity contribution is -0.119. The van der Waals surface area contributed by atoms with Gasteiger partial charge < -0.3 is 10.5 Å². The first kappa shape index (κ1) is 12.7. The van der Waals surface area contributed by atoms with E-state index in [1.54, 1.807) is 0 Å². The van der Waals surface area contributed by atoms with Crippen LogP contribution in [0.4, 0.5) is 0 Å². The van der Waals surface area contributed by atoms with Crippen LogP contribution in [0.25, 0.3) is 0 Å². The zero-order valence-corrected chi connectivity index (χ0v) is 11.0. The van der Waals surface area contributed by atoms with Crippen LogP contribution in [0, 0.1) is 22.7 Å². The first-order valence-corrected chi connectivity index (χ1v) is 6.23. The average molecular weight is 246 g/mol. The zero-order valence-electron chi connectivity index (χ0n) is 11.0. The quantitative estimate of drug-likeness (QED) is 0.770. The number of Topliss-reactive ketones (excluding diaryl/α,β-unsaturated/α-hetero) is 1. The number of allylic oxidation sites excluding steroid dienone is 3. The Balaban J connectivity index is 2.49. The normalized spacial score (nSPS) is 26.6. The molecule has 0 bridgehead atoms. The highest BCUT2D eigenvalue weighted by Gasteiger charge is 2.41. The summed E-state index contributed by atoms with van der Waals surface area (Å²) in [5, 5.41) is 9.14. The van der Waals surface area contributed by atoms with Crippen LogP contribution in [0.3, 0.4) is 0 Å². The maximum Gasteiger partial charge on any atom is 0.204 e. The van der Waals surface area contributed by atoms with Gasteiger partial charge in [-0.2, -0.15) is 5.26 Å². The van der Waals surface area contributed by atoms with E-state index in [0.29, 0.717) is 36.2 Å². The first-order chi connectivity index (χ1) is 8.39. The summed E-state index contributed by atoms with van der Waals surface area (Å²) in [6.07, 6.45) is 1.90. The minimum atomic E-state index is -0.192. The van der Waals surface area contributed by atoms with Crippen molar-refractivity contribution in [3.05, 3.63) is 22.8 Å². The Kier molecular flexibility index (Phi) is 2.94. The molecule has 2 rings (SSSR count). The minimum absolute atomic E-state index is 0.0911. The van der Waals surface area contributed by atoms with E-state index in [1.807, 2.05) is 20.8 Å². The lowest BCUT2D eigenvalue weighted by Crippen LogP contribution is -2.34. The Morgan fingerprint density at radius 1 is 1.50 bits per heavy atom. The predicted molar refractivity (Wildman–Crippen MR) is 66.7 cm³/mol. The van der Waals surface area contributed by atoms with Crippen molar-refractivity contribution >= 4 is 5.78 Å². The molecule has 0 aromatic heterocycles. The zero-order chi connectivity index (χ0) is 13.5. The molecule has 0 unspecified atom stereocenters. The van der Waals surface area contributed by atoms with Crippen molar-refractivity contribution in [3.63, 3.8) is 0 Å². The van der Waals surface area contributed by atoms with Crippen molar-refractivity contribution in [3.8, 4) is 6.07 Å². The van der Waals surface area contributed by atoms with E-state index >= 15 is 0 Å². The molecule has 0 amide bonds. The molecular formula is C14H18N2O2. The van der Waals surface area contributed by atoms with E-state index in [1.165, 1.54) is 0 Å². The molecule has 0 fully saturated rings. The van der Waals surface area contributed by atoms with E-state index in [-0.39, 0.29) is 23.0 Å². The Bertz CT molecular complexity index is 506. The van der Waals surface area contributed by atoms with Crippen molar-refractivity contribution < 1.29 is 9.53 Å². The summed E-state index contributed by atoms with van der Waals surface area (Å²) in [6.45, 7) is 6.04. The highest BCUT2D eigenvalue weighted by Crippen LogP contribution is 2.44. The van der Waals surface area contributed by atoms with Gasteiger partial charge >= 0.3 is 0 Å². The largest absolute Gasteiger partial charge is 0.444 e. The standard InChI is InChI=1S/C14H18N2O2/c1-4-8-9(7-15)13(16)18-11-6-14(2,3)5-10(17)12(8)11/h8H,4-6,16H2,1-3H3/t8-/m1/s1. The molecular weight excluding hydrogens is 228 g/mol. The number of carbonyl (C=O) groups is 1. The molecule has 1 heterocycles. The Hall–Kier alpha value is -1.76. The SMILES string of the molecule is CC[C@@H]1C(C#N)=C(N)OC2=C1C(=O)CC(C)(C)C2. The fourth-order valence-corrected chi connectivity index (χ4v) is 2.80. The number of hydrogen-bond acceptors (Lipinski definition) is 4. The second-order valence-corrected chi connectivity index (χ2v) is 5.73. The fourth-order valence-electron chi connectivity index (χ4n) is 2.80. The van der Waals surface area contributed by atoms with Crippen molar-refractivity contribution in [1.82, 2.24) is 0 Å². The molecule has 0 aromatic carbocycles. The second kappa shape index (κ2) is 4.16. The summed E-state index contributed by atoms with van der Waals surface area (Å²) in [6, 6.07) is 2.07. The van der Waals surface area contributed by atoms with Crippen molar-refractivity contribution in [2.24, 2.45) is 17.1 Å². The number of carbonyl (C=O) groups excluding carboxylic acids is 1. The van der Waals surface area contributed by atoms with Crippen LogP contribution in [-0.4, -0.2) is 5.78 Å². The third-order valence-electron chi connectivity index (χ3n) is 3.60. The molecule has 0 saturated carbocycles. The second-order valence-electron chi connectivity index (χ2n) is 5.73. The molecule has 96 valence electrons. The molecule has 2 aliphatic rings. The van der Waals surface area contributed by atoms with E-state index in [2.05, 4.69) is 6.07 Å². The number of nitrogens with two attached hydrogens (primary N) is 1. The molecule has 2 N–H and O–H groups in total. The van der Waals surface area contributed by atoms with Crippen molar-refractivity contribution in [2.75, 3.05) is 0 Å². The minimum Gasteiger partial charge on any atom is -0.444 e. The van der Waals surface area contributed by atoms with Crippen LogP contribution < -0.4 is 5.73 Å². The molecule has 0 radical (unpaired) electrons. The Morgan fingerprint density at radius 2 is 2.17 bits per heavy atom. The first-order valence-electron chi connectivity index (χ1n) is 6.23. The maximum absolute atomic E-state index is 12.3. The number of ketones is 1. The molecule has 0 saturated heterocycles. The van der Waals surface area contributed by atoms with Crippen molar-refractivity contribution in [1.29, 1.82) is 5.26 Å². The number of ether oxygens (including phenoxy) is 1. The molecule has 4 nitrogen and oxygen atoms in total. The number of nitrogens with zero attached hydrogens (tertiary/aromatic N) is 1. The Morgan fingerprint density at radius 3 is 2.72 bits per heavy atom. The summed E-state index contributed by atoms with van der Waals surface area (Å²) in [5.74, 6) is 0.726. The van der Waals surface area contributed by atoms with Gasteiger partial charge in [-0.3, -0.25) is 4.79 Å². The van der Waals surface area contributed by atoms with E-state index in [4.69, 9.17) is 15.7 Å². The van der Waals surface area contributed by atoms with E-state index in [0.717, 1.165) is 0 Å². The number of nitriles is 1. The summed E-state index contributed by atoms with van der Waals surface area (Å²) in [4.78, 5) is 12.3. The van der Waals surface area contributed by atoms with Crippen LogP contribution in [0.5, 0.6) is 0 Å². The van der Waals surface area contributed by atoms with Gasteiger partial charge in [-0.1, -0.05) is 20.8 Å². The molecule has 0 spiro atoms. The van der Waals surface area contributed by atoms with Gasteiger partial charge in [0.25, 0.3) is 0 Å². The van der Waals surface area contributed by atoms with Crippen LogP contribution >= 0.6 is 0 Å². The van der Waals surface area contributed by atoms with Gasteiger partial charge in [0.05, 0.1) is 5.57 Å². The third-order valence-corrected chi connectivity index (χ3v) is 3.60. The fraction of sp³-hybridized carbons (Fsp3) is 0.571. The summed E-state index contributed by atoms with van der Waals surface area (Å²) in [5.41, 5.74) is 6.75. The average Bonchev–Trinajstić information content (AvgIpc) is 2.25. The van der Waals surface area contributed by atoms with Gasteiger partial charge in [0, 0.05) is 24.3 Å². The summed E-state index contributed by atoms with van der Waals surface area (Å²) >= 11 is 0. The molecule has 1 atom stereocenters.